The Labute approximate surface area is 191 Å². The van der Waals surface area contributed by atoms with Crippen LogP contribution in [0.15, 0.2) is 89.9 Å². The molecule has 0 bridgehead atoms. The van der Waals surface area contributed by atoms with Crippen LogP contribution >= 0.6 is 0 Å². The summed E-state index contributed by atoms with van der Waals surface area (Å²) in [5.41, 5.74) is 3.21. The molecular weight excluding hydrogens is 414 g/mol. The molecule has 0 saturated carbocycles. The summed E-state index contributed by atoms with van der Waals surface area (Å²) in [5, 5.41) is 0. The molecule has 6 nitrogen and oxygen atoms in total. The number of anilines is 1. The van der Waals surface area contributed by atoms with Crippen molar-refractivity contribution in [3.63, 3.8) is 0 Å². The van der Waals surface area contributed by atoms with Crippen LogP contribution in [0.2, 0.25) is 0 Å². The lowest BCUT2D eigenvalue weighted by Gasteiger charge is -2.45. The van der Waals surface area contributed by atoms with Crippen LogP contribution in [0, 0.1) is 5.92 Å². The Bertz CT molecular complexity index is 1380. The summed E-state index contributed by atoms with van der Waals surface area (Å²) in [6.07, 6.45) is 1.53. The quantitative estimate of drug-likeness (QED) is 0.452. The lowest BCUT2D eigenvalue weighted by atomic mass is 9.74. The molecule has 0 unspecified atom stereocenters. The molecule has 2 aliphatic rings. The van der Waals surface area contributed by atoms with Crippen LogP contribution in [-0.2, 0) is 16.1 Å². The van der Waals surface area contributed by atoms with Gasteiger partial charge in [0.1, 0.15) is 17.6 Å². The summed E-state index contributed by atoms with van der Waals surface area (Å²) in [4.78, 5) is 33.5. The van der Waals surface area contributed by atoms with E-state index in [9.17, 15) is 9.59 Å². The Morgan fingerprint density at radius 2 is 1.64 bits per heavy atom. The van der Waals surface area contributed by atoms with E-state index in [0.29, 0.717) is 30.1 Å². The standard InChI is InChI=1S/C27H23N3O3/c31-23-15-20-21(25(33-23)19-11-5-2-6-12-19)17-29(16-18-9-3-1-4-10-18)26-24(20)27(32)30-14-8-7-13-22(30)28-26/h1-14,20-21,25H,15-17H2/t20-,21-,25+/m1/s1. The van der Waals surface area contributed by atoms with Crippen LogP contribution in [0.5, 0.6) is 0 Å². The Kier molecular flexibility index (Phi) is 4.72. The predicted octanol–water partition coefficient (Wildman–Crippen LogP) is 4.10. The normalized spacial score (nSPS) is 21.9. The second-order valence-corrected chi connectivity index (χ2v) is 8.74. The summed E-state index contributed by atoms with van der Waals surface area (Å²) in [6, 6.07) is 25.6. The van der Waals surface area contributed by atoms with Crippen LogP contribution < -0.4 is 10.5 Å². The van der Waals surface area contributed by atoms with Crippen LogP contribution in [0.3, 0.4) is 0 Å². The first-order valence-corrected chi connectivity index (χ1v) is 11.2. The zero-order valence-corrected chi connectivity index (χ0v) is 18.0. The van der Waals surface area contributed by atoms with Crippen molar-refractivity contribution in [2.45, 2.75) is 25.0 Å². The molecule has 1 saturated heterocycles. The van der Waals surface area contributed by atoms with E-state index in [0.717, 1.165) is 11.1 Å². The van der Waals surface area contributed by atoms with Gasteiger partial charge in [-0.1, -0.05) is 66.7 Å². The number of cyclic esters (lactones) is 1. The molecule has 0 N–H and O–H groups in total. The van der Waals surface area contributed by atoms with Crippen molar-refractivity contribution in [1.82, 2.24) is 9.38 Å². The Morgan fingerprint density at radius 3 is 2.42 bits per heavy atom. The molecule has 0 amide bonds. The van der Waals surface area contributed by atoms with Crippen molar-refractivity contribution in [3.05, 3.63) is 112 Å². The van der Waals surface area contributed by atoms with Crippen molar-refractivity contribution in [1.29, 1.82) is 0 Å². The topological polar surface area (TPSA) is 63.9 Å². The fourth-order valence-corrected chi connectivity index (χ4v) is 5.26. The predicted molar refractivity (Wildman–Crippen MR) is 125 cm³/mol. The van der Waals surface area contributed by atoms with Crippen molar-refractivity contribution in [2.24, 2.45) is 5.92 Å². The monoisotopic (exact) mass is 437 g/mol. The number of nitrogens with zero attached hydrogens (tertiary/aromatic N) is 3. The second kappa shape index (κ2) is 7.89. The molecule has 33 heavy (non-hydrogen) atoms. The van der Waals surface area contributed by atoms with Crippen molar-refractivity contribution in [3.8, 4) is 0 Å². The van der Waals surface area contributed by atoms with E-state index in [4.69, 9.17) is 9.72 Å². The maximum absolute atomic E-state index is 13.7. The summed E-state index contributed by atoms with van der Waals surface area (Å²) >= 11 is 0. The first-order chi connectivity index (χ1) is 16.2. The van der Waals surface area contributed by atoms with Gasteiger partial charge in [-0.15, -0.1) is 0 Å². The average Bonchev–Trinajstić information content (AvgIpc) is 2.85. The highest BCUT2D eigenvalue weighted by Gasteiger charge is 2.47. The first kappa shape index (κ1) is 19.7. The van der Waals surface area contributed by atoms with E-state index in [1.807, 2.05) is 66.7 Å². The van der Waals surface area contributed by atoms with Crippen molar-refractivity contribution >= 4 is 17.4 Å². The number of rotatable bonds is 3. The van der Waals surface area contributed by atoms with Gasteiger partial charge < -0.3 is 9.64 Å². The molecule has 2 aliphatic heterocycles. The van der Waals surface area contributed by atoms with Gasteiger partial charge in [0.15, 0.2) is 0 Å². The minimum Gasteiger partial charge on any atom is -0.457 e. The van der Waals surface area contributed by atoms with E-state index in [1.54, 1.807) is 10.6 Å². The van der Waals surface area contributed by atoms with E-state index in [-0.39, 0.29) is 29.8 Å². The molecule has 4 heterocycles. The van der Waals surface area contributed by atoms with Gasteiger partial charge in [0, 0.05) is 31.1 Å². The van der Waals surface area contributed by atoms with E-state index in [1.165, 1.54) is 0 Å². The Morgan fingerprint density at radius 1 is 0.909 bits per heavy atom. The number of carbonyl (C=O) groups excluding carboxylic acids is 1. The van der Waals surface area contributed by atoms with Crippen LogP contribution in [-0.4, -0.2) is 21.9 Å². The highest BCUT2D eigenvalue weighted by molar-refractivity contribution is 5.74. The Balaban J connectivity index is 1.54. The average molecular weight is 437 g/mol. The van der Waals surface area contributed by atoms with E-state index in [2.05, 4.69) is 17.0 Å². The summed E-state index contributed by atoms with van der Waals surface area (Å²) in [7, 11) is 0. The molecule has 6 rings (SSSR count). The van der Waals surface area contributed by atoms with Crippen LogP contribution in [0.25, 0.3) is 5.65 Å². The molecule has 0 spiro atoms. The number of fused-ring (bicyclic) bond motifs is 4. The fourth-order valence-electron chi connectivity index (χ4n) is 5.26. The number of hydrogen-bond acceptors (Lipinski definition) is 5. The number of hydrogen-bond donors (Lipinski definition) is 0. The lowest BCUT2D eigenvalue weighted by molar-refractivity contribution is -0.160. The molecule has 2 aromatic heterocycles. The number of aromatic nitrogens is 2. The van der Waals surface area contributed by atoms with Gasteiger partial charge >= 0.3 is 5.97 Å². The number of carbonyl (C=O) groups is 1. The maximum atomic E-state index is 13.7. The lowest BCUT2D eigenvalue weighted by Crippen LogP contribution is -2.47. The van der Waals surface area contributed by atoms with E-state index >= 15 is 0 Å². The van der Waals surface area contributed by atoms with Gasteiger partial charge in [0.05, 0.1) is 12.0 Å². The minimum absolute atomic E-state index is 0.0439. The van der Waals surface area contributed by atoms with Gasteiger partial charge in [0.25, 0.3) is 5.56 Å². The zero-order chi connectivity index (χ0) is 22.4. The SMILES string of the molecule is O=C1C[C@H]2c3c(nc4ccccn4c3=O)N(Cc3ccccc3)C[C@H]2[C@H](c2ccccc2)O1. The fraction of sp³-hybridized carbons (Fsp3) is 0.222. The van der Waals surface area contributed by atoms with Gasteiger partial charge in [-0.2, -0.15) is 0 Å². The van der Waals surface area contributed by atoms with Gasteiger partial charge in [-0.05, 0) is 23.3 Å². The van der Waals surface area contributed by atoms with Gasteiger partial charge in [-0.25, -0.2) is 4.98 Å². The second-order valence-electron chi connectivity index (χ2n) is 8.74. The molecule has 164 valence electrons. The molecule has 0 radical (unpaired) electrons. The number of esters is 1. The third-order valence-corrected chi connectivity index (χ3v) is 6.75. The minimum atomic E-state index is -0.403. The van der Waals surface area contributed by atoms with Crippen LogP contribution in [0.4, 0.5) is 5.82 Å². The summed E-state index contributed by atoms with van der Waals surface area (Å²) in [6.45, 7) is 1.27. The zero-order valence-electron chi connectivity index (χ0n) is 18.0. The molecule has 6 heteroatoms. The first-order valence-electron chi connectivity index (χ1n) is 11.2. The summed E-state index contributed by atoms with van der Waals surface area (Å²) in [5.74, 6) is 0.121. The largest absolute Gasteiger partial charge is 0.457 e. The van der Waals surface area contributed by atoms with Gasteiger partial charge in [0.2, 0.25) is 0 Å². The molecular formula is C27H23N3O3. The summed E-state index contributed by atoms with van der Waals surface area (Å²) < 4.78 is 7.47. The van der Waals surface area contributed by atoms with Crippen molar-refractivity contribution < 1.29 is 9.53 Å². The van der Waals surface area contributed by atoms with Gasteiger partial charge in [-0.3, -0.25) is 14.0 Å². The number of pyridine rings is 1. The molecule has 3 atom stereocenters. The molecule has 1 fully saturated rings. The third-order valence-electron chi connectivity index (χ3n) is 6.75. The maximum Gasteiger partial charge on any atom is 0.307 e. The van der Waals surface area contributed by atoms with Crippen molar-refractivity contribution in [2.75, 3.05) is 11.4 Å². The Hall–Kier alpha value is -3.93. The highest BCUT2D eigenvalue weighted by atomic mass is 16.5. The highest BCUT2D eigenvalue weighted by Crippen LogP contribution is 2.48. The third kappa shape index (κ3) is 3.39. The molecule has 2 aromatic carbocycles. The number of ether oxygens (including phenoxy) is 1. The van der Waals surface area contributed by atoms with Crippen LogP contribution in [0.1, 0.15) is 35.1 Å². The molecule has 0 aliphatic carbocycles. The smallest absolute Gasteiger partial charge is 0.307 e. The van der Waals surface area contributed by atoms with E-state index < -0.39 is 6.10 Å². The molecule has 4 aromatic rings. The number of benzene rings is 2.